The highest BCUT2D eigenvalue weighted by atomic mass is 16.5. The number of nitrogens with one attached hydrogen (secondary N) is 1. The summed E-state index contributed by atoms with van der Waals surface area (Å²) in [7, 11) is 1.34. The van der Waals surface area contributed by atoms with Gasteiger partial charge in [-0.05, 0) is 17.0 Å². The Morgan fingerprint density at radius 1 is 0.960 bits per heavy atom. The Morgan fingerprint density at radius 3 is 1.84 bits per heavy atom. The normalized spacial score (nSPS) is 13.1. The minimum absolute atomic E-state index is 0.0106. The van der Waals surface area contributed by atoms with Gasteiger partial charge >= 0.3 is 5.97 Å². The first-order valence-electron chi connectivity index (χ1n) is 8.56. The zero-order chi connectivity index (χ0) is 18.2. The molecule has 0 aliphatic carbocycles. The quantitative estimate of drug-likeness (QED) is 0.785. The summed E-state index contributed by atoms with van der Waals surface area (Å²) in [5.74, 6) is -1.10. The van der Waals surface area contributed by atoms with Gasteiger partial charge in [-0.15, -0.1) is 0 Å². The maximum atomic E-state index is 13.1. The third-order valence-corrected chi connectivity index (χ3v) is 4.49. The topological polar surface area (TPSA) is 55.4 Å². The molecule has 2 aromatic rings. The number of carbonyl (C=O) groups is 2. The third kappa shape index (κ3) is 4.69. The van der Waals surface area contributed by atoms with E-state index in [1.807, 2.05) is 74.5 Å². The largest absolute Gasteiger partial charge is 0.467 e. The van der Waals surface area contributed by atoms with E-state index < -0.39 is 17.9 Å². The number of ether oxygens (including phenoxy) is 1. The van der Waals surface area contributed by atoms with Crippen LogP contribution in [0.15, 0.2) is 60.7 Å². The average molecular weight is 339 g/mol. The summed E-state index contributed by atoms with van der Waals surface area (Å²) >= 11 is 0. The number of carbonyl (C=O) groups excluding carboxylic acids is 2. The third-order valence-electron chi connectivity index (χ3n) is 4.49. The molecule has 1 N–H and O–H groups in total. The van der Waals surface area contributed by atoms with Crippen molar-refractivity contribution in [2.24, 2.45) is 5.92 Å². The summed E-state index contributed by atoms with van der Waals surface area (Å²) in [5, 5.41) is 2.90. The Bertz CT molecular complexity index is 645. The van der Waals surface area contributed by atoms with Crippen LogP contribution in [0.3, 0.4) is 0 Å². The smallest absolute Gasteiger partial charge is 0.328 e. The summed E-state index contributed by atoms with van der Waals surface area (Å²) in [6, 6.07) is 18.5. The highest BCUT2D eigenvalue weighted by Crippen LogP contribution is 2.25. The number of methoxy groups -OCH3 is 1. The average Bonchev–Trinajstić information content (AvgIpc) is 2.66. The molecule has 0 aromatic heterocycles. The van der Waals surface area contributed by atoms with Crippen molar-refractivity contribution in [3.8, 4) is 0 Å². The number of esters is 1. The number of hydrogen-bond acceptors (Lipinski definition) is 3. The van der Waals surface area contributed by atoms with E-state index in [1.165, 1.54) is 7.11 Å². The van der Waals surface area contributed by atoms with Gasteiger partial charge in [-0.3, -0.25) is 4.79 Å². The molecule has 0 saturated heterocycles. The van der Waals surface area contributed by atoms with E-state index in [-0.39, 0.29) is 11.8 Å². The maximum absolute atomic E-state index is 13.1. The van der Waals surface area contributed by atoms with Gasteiger partial charge in [0.2, 0.25) is 5.91 Å². The lowest BCUT2D eigenvalue weighted by Gasteiger charge is -2.25. The van der Waals surface area contributed by atoms with E-state index in [2.05, 4.69) is 5.32 Å². The van der Waals surface area contributed by atoms with E-state index in [9.17, 15) is 9.59 Å². The molecule has 0 aliphatic rings. The highest BCUT2D eigenvalue weighted by Gasteiger charge is 2.31. The van der Waals surface area contributed by atoms with Gasteiger partial charge in [-0.25, -0.2) is 4.79 Å². The summed E-state index contributed by atoms with van der Waals surface area (Å²) < 4.78 is 4.87. The van der Waals surface area contributed by atoms with E-state index in [0.29, 0.717) is 0 Å². The molecule has 0 unspecified atom stereocenters. The van der Waals surface area contributed by atoms with Crippen molar-refractivity contribution in [1.82, 2.24) is 5.32 Å². The zero-order valence-electron chi connectivity index (χ0n) is 14.9. The van der Waals surface area contributed by atoms with Crippen molar-refractivity contribution in [2.75, 3.05) is 7.11 Å². The SMILES string of the molecule is CC[C@H](C)[C@H](NC(=O)C(c1ccccc1)c1ccccc1)C(=O)OC. The van der Waals surface area contributed by atoms with Gasteiger partial charge in [-0.2, -0.15) is 0 Å². The Hall–Kier alpha value is -2.62. The number of rotatable bonds is 7. The molecule has 2 atom stereocenters. The molecule has 132 valence electrons. The number of benzene rings is 2. The molecule has 0 fully saturated rings. The maximum Gasteiger partial charge on any atom is 0.328 e. The van der Waals surface area contributed by atoms with Gasteiger partial charge in [0.1, 0.15) is 6.04 Å². The van der Waals surface area contributed by atoms with Crippen LogP contribution in [-0.2, 0) is 14.3 Å². The lowest BCUT2D eigenvalue weighted by molar-refractivity contribution is -0.146. The van der Waals surface area contributed by atoms with E-state index >= 15 is 0 Å². The molecule has 25 heavy (non-hydrogen) atoms. The summed E-state index contributed by atoms with van der Waals surface area (Å²) in [5.41, 5.74) is 1.78. The number of hydrogen-bond donors (Lipinski definition) is 1. The van der Waals surface area contributed by atoms with Gasteiger partial charge < -0.3 is 10.1 Å². The van der Waals surface area contributed by atoms with Crippen LogP contribution in [0.25, 0.3) is 0 Å². The van der Waals surface area contributed by atoms with E-state index in [0.717, 1.165) is 17.5 Å². The molecular weight excluding hydrogens is 314 g/mol. The first-order valence-corrected chi connectivity index (χ1v) is 8.56. The fourth-order valence-electron chi connectivity index (χ4n) is 2.82. The molecule has 1 amide bonds. The minimum atomic E-state index is -0.655. The molecule has 4 nitrogen and oxygen atoms in total. The molecule has 4 heteroatoms. The minimum Gasteiger partial charge on any atom is -0.467 e. The molecule has 2 aromatic carbocycles. The van der Waals surface area contributed by atoms with Gasteiger partial charge in [0.15, 0.2) is 0 Å². The molecule has 0 aliphatic heterocycles. The van der Waals surface area contributed by atoms with Gasteiger partial charge in [0, 0.05) is 0 Å². The Labute approximate surface area is 149 Å². The molecule has 2 rings (SSSR count). The van der Waals surface area contributed by atoms with Crippen LogP contribution >= 0.6 is 0 Å². The molecule has 0 heterocycles. The van der Waals surface area contributed by atoms with Crippen LogP contribution in [0, 0.1) is 5.92 Å². The van der Waals surface area contributed by atoms with Crippen LogP contribution in [-0.4, -0.2) is 25.0 Å². The summed E-state index contributed by atoms with van der Waals surface area (Å²) in [6.07, 6.45) is 0.765. The van der Waals surface area contributed by atoms with Crippen molar-refractivity contribution in [3.05, 3.63) is 71.8 Å². The second kappa shape index (κ2) is 9.02. The van der Waals surface area contributed by atoms with Crippen LogP contribution < -0.4 is 5.32 Å². The number of amides is 1. The van der Waals surface area contributed by atoms with Crippen molar-refractivity contribution in [3.63, 3.8) is 0 Å². The predicted octanol–water partition coefficient (Wildman–Crippen LogP) is 3.52. The standard InChI is InChI=1S/C21H25NO3/c1-4-15(2)19(21(24)25-3)22-20(23)18(16-11-7-5-8-12-16)17-13-9-6-10-14-17/h5-15,18-19H,4H2,1-3H3,(H,22,23)/t15-,19-/m0/s1. The lowest BCUT2D eigenvalue weighted by Crippen LogP contribution is -2.47. The highest BCUT2D eigenvalue weighted by molar-refractivity contribution is 5.91. The fraction of sp³-hybridized carbons (Fsp3) is 0.333. The van der Waals surface area contributed by atoms with Gasteiger partial charge in [0.05, 0.1) is 13.0 Å². The Morgan fingerprint density at radius 2 is 1.44 bits per heavy atom. The van der Waals surface area contributed by atoms with Crippen molar-refractivity contribution in [1.29, 1.82) is 0 Å². The van der Waals surface area contributed by atoms with Crippen LogP contribution in [0.5, 0.6) is 0 Å². The van der Waals surface area contributed by atoms with Crippen molar-refractivity contribution in [2.45, 2.75) is 32.2 Å². The monoisotopic (exact) mass is 339 g/mol. The first-order chi connectivity index (χ1) is 12.1. The van der Waals surface area contributed by atoms with Crippen molar-refractivity contribution < 1.29 is 14.3 Å². The second-order valence-electron chi connectivity index (χ2n) is 6.15. The molecule has 0 radical (unpaired) electrons. The predicted molar refractivity (Wildman–Crippen MR) is 98.1 cm³/mol. The molecule has 0 bridgehead atoms. The van der Waals surface area contributed by atoms with Crippen LogP contribution in [0.1, 0.15) is 37.3 Å². The summed E-state index contributed by atoms with van der Waals surface area (Å²) in [6.45, 7) is 3.92. The molecule has 0 saturated carbocycles. The lowest BCUT2D eigenvalue weighted by atomic mass is 9.89. The van der Waals surface area contributed by atoms with Crippen molar-refractivity contribution >= 4 is 11.9 Å². The first kappa shape index (κ1) is 18.7. The summed E-state index contributed by atoms with van der Waals surface area (Å²) in [4.78, 5) is 25.2. The van der Waals surface area contributed by atoms with E-state index in [1.54, 1.807) is 0 Å². The van der Waals surface area contributed by atoms with Gasteiger partial charge in [0.25, 0.3) is 0 Å². The fourth-order valence-corrected chi connectivity index (χ4v) is 2.82. The van der Waals surface area contributed by atoms with Crippen LogP contribution in [0.2, 0.25) is 0 Å². The van der Waals surface area contributed by atoms with E-state index in [4.69, 9.17) is 4.74 Å². The zero-order valence-corrected chi connectivity index (χ0v) is 14.9. The molecular formula is C21H25NO3. The molecule has 0 spiro atoms. The second-order valence-corrected chi connectivity index (χ2v) is 6.15. The van der Waals surface area contributed by atoms with Gasteiger partial charge in [-0.1, -0.05) is 80.9 Å². The Kier molecular flexibility index (Phi) is 6.75. The Balaban J connectivity index is 2.34. The van der Waals surface area contributed by atoms with Crippen LogP contribution in [0.4, 0.5) is 0 Å².